The summed E-state index contributed by atoms with van der Waals surface area (Å²) in [5.74, 6) is -0.206. The zero-order valence-electron chi connectivity index (χ0n) is 10.7. The van der Waals surface area contributed by atoms with Crippen molar-refractivity contribution in [1.82, 2.24) is 10.2 Å². The van der Waals surface area contributed by atoms with Crippen molar-refractivity contribution in [2.75, 3.05) is 19.6 Å². The van der Waals surface area contributed by atoms with Crippen LogP contribution in [-0.4, -0.2) is 47.6 Å². The van der Waals surface area contributed by atoms with Crippen LogP contribution in [0.25, 0.3) is 0 Å². The summed E-state index contributed by atoms with van der Waals surface area (Å²) in [4.78, 5) is 24.6. The van der Waals surface area contributed by atoms with E-state index in [9.17, 15) is 9.59 Å². The Labute approximate surface area is 108 Å². The Balaban J connectivity index is 1.78. The normalized spacial score (nSPS) is 25.3. The number of aliphatic carboxylic acids is 1. The largest absolute Gasteiger partial charge is 0.480 e. The highest BCUT2D eigenvalue weighted by Crippen LogP contribution is 2.22. The van der Waals surface area contributed by atoms with Gasteiger partial charge in [-0.1, -0.05) is 0 Å². The first-order valence-corrected chi connectivity index (χ1v) is 6.91. The summed E-state index contributed by atoms with van der Waals surface area (Å²) < 4.78 is 0. The summed E-state index contributed by atoms with van der Waals surface area (Å²) in [6.07, 6.45) is 5.10. The number of carboxylic acid groups (broad SMARTS) is 1. The lowest BCUT2D eigenvalue weighted by molar-refractivity contribution is -0.148. The van der Waals surface area contributed by atoms with Crippen LogP contribution in [0.2, 0.25) is 0 Å². The van der Waals surface area contributed by atoms with E-state index < -0.39 is 12.0 Å². The molecule has 2 fully saturated rings. The molecule has 0 bridgehead atoms. The highest BCUT2D eigenvalue weighted by molar-refractivity contribution is 5.84. The Morgan fingerprint density at radius 1 is 1.22 bits per heavy atom. The van der Waals surface area contributed by atoms with Crippen molar-refractivity contribution in [2.45, 2.75) is 44.6 Å². The third-order valence-corrected chi connectivity index (χ3v) is 4.08. The fraction of sp³-hybridized carbons (Fsp3) is 0.846. The lowest BCUT2D eigenvalue weighted by atomic mass is 9.93. The number of carboxylic acids is 1. The van der Waals surface area contributed by atoms with Crippen LogP contribution in [0.15, 0.2) is 0 Å². The second kappa shape index (κ2) is 6.18. The Morgan fingerprint density at radius 3 is 2.61 bits per heavy atom. The van der Waals surface area contributed by atoms with Crippen molar-refractivity contribution in [3.8, 4) is 0 Å². The molecule has 0 aromatic carbocycles. The van der Waals surface area contributed by atoms with Gasteiger partial charge in [0.05, 0.1) is 0 Å². The molecule has 5 heteroatoms. The van der Waals surface area contributed by atoms with Crippen LogP contribution in [0.3, 0.4) is 0 Å². The van der Waals surface area contributed by atoms with E-state index in [1.807, 2.05) is 0 Å². The first-order chi connectivity index (χ1) is 8.68. The highest BCUT2D eigenvalue weighted by atomic mass is 16.4. The predicted molar refractivity (Wildman–Crippen MR) is 67.2 cm³/mol. The lowest BCUT2D eigenvalue weighted by Crippen LogP contribution is -2.40. The third-order valence-electron chi connectivity index (χ3n) is 4.08. The molecule has 0 aliphatic carbocycles. The standard InChI is InChI=1S/C13H22N2O3/c16-12(4-3-10-5-7-14-8-6-10)15-9-1-2-11(15)13(17)18/h10-11,14H,1-9H2,(H,17,18)/t11-/m0/s1. The van der Waals surface area contributed by atoms with Crippen LogP contribution < -0.4 is 5.32 Å². The van der Waals surface area contributed by atoms with E-state index >= 15 is 0 Å². The number of carbonyl (C=O) groups is 2. The van der Waals surface area contributed by atoms with E-state index in [0.29, 0.717) is 25.3 Å². The zero-order chi connectivity index (χ0) is 13.0. The van der Waals surface area contributed by atoms with Crippen LogP contribution in [-0.2, 0) is 9.59 Å². The summed E-state index contributed by atoms with van der Waals surface area (Å²) in [5, 5.41) is 12.4. The van der Waals surface area contributed by atoms with Crippen LogP contribution in [0.5, 0.6) is 0 Å². The van der Waals surface area contributed by atoms with Crippen LogP contribution in [0, 0.1) is 5.92 Å². The molecule has 102 valence electrons. The fourth-order valence-corrected chi connectivity index (χ4v) is 2.96. The molecule has 2 N–H and O–H groups in total. The van der Waals surface area contributed by atoms with Crippen molar-refractivity contribution in [3.05, 3.63) is 0 Å². The molecule has 5 nitrogen and oxygen atoms in total. The van der Waals surface area contributed by atoms with Gasteiger partial charge in [0.25, 0.3) is 0 Å². The van der Waals surface area contributed by atoms with Gasteiger partial charge in [0.15, 0.2) is 0 Å². The molecular weight excluding hydrogens is 232 g/mol. The van der Waals surface area contributed by atoms with Gasteiger partial charge in [-0.25, -0.2) is 4.79 Å². The minimum Gasteiger partial charge on any atom is -0.480 e. The monoisotopic (exact) mass is 254 g/mol. The minimum absolute atomic E-state index is 0.0263. The van der Waals surface area contributed by atoms with E-state index in [2.05, 4.69) is 5.32 Å². The van der Waals surface area contributed by atoms with Gasteiger partial charge in [-0.15, -0.1) is 0 Å². The maximum atomic E-state index is 12.0. The van der Waals surface area contributed by atoms with E-state index in [0.717, 1.165) is 38.8 Å². The zero-order valence-corrected chi connectivity index (χ0v) is 10.7. The van der Waals surface area contributed by atoms with Gasteiger partial charge in [-0.3, -0.25) is 4.79 Å². The van der Waals surface area contributed by atoms with E-state index in [-0.39, 0.29) is 5.91 Å². The molecular formula is C13H22N2O3. The maximum absolute atomic E-state index is 12.0. The van der Waals surface area contributed by atoms with E-state index in [4.69, 9.17) is 5.11 Å². The molecule has 0 unspecified atom stereocenters. The van der Waals surface area contributed by atoms with Gasteiger partial charge in [-0.05, 0) is 51.1 Å². The summed E-state index contributed by atoms with van der Waals surface area (Å²) >= 11 is 0. The van der Waals surface area contributed by atoms with Gasteiger partial charge in [0.2, 0.25) is 5.91 Å². The maximum Gasteiger partial charge on any atom is 0.326 e. The number of nitrogens with zero attached hydrogens (tertiary/aromatic N) is 1. The Morgan fingerprint density at radius 2 is 1.94 bits per heavy atom. The smallest absolute Gasteiger partial charge is 0.326 e. The fourth-order valence-electron chi connectivity index (χ4n) is 2.96. The van der Waals surface area contributed by atoms with Crippen LogP contribution >= 0.6 is 0 Å². The summed E-state index contributed by atoms with van der Waals surface area (Å²) in [5.41, 5.74) is 0. The average molecular weight is 254 g/mol. The molecule has 2 heterocycles. The average Bonchev–Trinajstić information content (AvgIpc) is 2.86. The first kappa shape index (κ1) is 13.3. The molecule has 0 spiro atoms. The number of likely N-dealkylation sites (tertiary alicyclic amines) is 1. The molecule has 2 aliphatic heterocycles. The van der Waals surface area contributed by atoms with Crippen molar-refractivity contribution in [2.24, 2.45) is 5.92 Å². The molecule has 0 radical (unpaired) electrons. The second-order valence-corrected chi connectivity index (χ2v) is 5.32. The molecule has 0 saturated carbocycles. The lowest BCUT2D eigenvalue weighted by Gasteiger charge is -2.25. The van der Waals surface area contributed by atoms with Crippen molar-refractivity contribution in [3.63, 3.8) is 0 Å². The number of piperidine rings is 1. The quantitative estimate of drug-likeness (QED) is 0.780. The number of carbonyl (C=O) groups excluding carboxylic acids is 1. The molecule has 2 saturated heterocycles. The summed E-state index contributed by atoms with van der Waals surface area (Å²) in [6.45, 7) is 2.70. The van der Waals surface area contributed by atoms with Crippen LogP contribution in [0.1, 0.15) is 38.5 Å². The first-order valence-electron chi connectivity index (χ1n) is 6.91. The second-order valence-electron chi connectivity index (χ2n) is 5.32. The molecule has 2 aliphatic rings. The van der Waals surface area contributed by atoms with Gasteiger partial charge in [0, 0.05) is 13.0 Å². The summed E-state index contributed by atoms with van der Waals surface area (Å²) in [7, 11) is 0. The number of hydrogen-bond acceptors (Lipinski definition) is 3. The number of hydrogen-bond donors (Lipinski definition) is 2. The topological polar surface area (TPSA) is 69.6 Å². The van der Waals surface area contributed by atoms with E-state index in [1.165, 1.54) is 0 Å². The van der Waals surface area contributed by atoms with E-state index in [1.54, 1.807) is 4.90 Å². The van der Waals surface area contributed by atoms with Crippen molar-refractivity contribution < 1.29 is 14.7 Å². The molecule has 1 amide bonds. The molecule has 18 heavy (non-hydrogen) atoms. The van der Waals surface area contributed by atoms with Crippen molar-refractivity contribution in [1.29, 1.82) is 0 Å². The Bertz CT molecular complexity index is 313. The molecule has 0 aromatic rings. The van der Waals surface area contributed by atoms with Gasteiger partial charge < -0.3 is 15.3 Å². The highest BCUT2D eigenvalue weighted by Gasteiger charge is 2.33. The Kier molecular flexibility index (Phi) is 4.58. The molecule has 0 aromatic heterocycles. The Hall–Kier alpha value is -1.10. The molecule has 1 atom stereocenters. The molecule has 2 rings (SSSR count). The number of nitrogens with one attached hydrogen (secondary N) is 1. The van der Waals surface area contributed by atoms with Crippen molar-refractivity contribution >= 4 is 11.9 Å². The number of rotatable bonds is 4. The van der Waals surface area contributed by atoms with Gasteiger partial charge >= 0.3 is 5.97 Å². The van der Waals surface area contributed by atoms with Crippen LogP contribution in [0.4, 0.5) is 0 Å². The summed E-state index contributed by atoms with van der Waals surface area (Å²) in [6, 6.07) is -0.578. The SMILES string of the molecule is O=C(O)[C@@H]1CCCN1C(=O)CCC1CCNCC1. The predicted octanol–water partition coefficient (Wildman–Crippen LogP) is 0.842. The number of amides is 1. The third kappa shape index (κ3) is 3.22. The van der Waals surface area contributed by atoms with Gasteiger partial charge in [-0.2, -0.15) is 0 Å². The minimum atomic E-state index is -0.859. The van der Waals surface area contributed by atoms with Gasteiger partial charge in [0.1, 0.15) is 6.04 Å².